The molecule has 8 N–H and O–H groups in total. The molecule has 766 valence electrons. The molecule has 9 heterocycles. The van der Waals surface area contributed by atoms with Gasteiger partial charge in [0, 0.05) is 138 Å². The number of hydrogen-bond acceptors (Lipinski definition) is 29. The first-order valence-corrected chi connectivity index (χ1v) is 52.1. The monoisotopic (exact) mass is 1970 g/mol. The van der Waals surface area contributed by atoms with E-state index in [-0.39, 0.29) is 88.6 Å². The predicted octanol–water partition coefficient (Wildman–Crippen LogP) is 15.7. The molecule has 13 aliphatic rings. The van der Waals surface area contributed by atoms with Gasteiger partial charge in [-0.15, -0.1) is 0 Å². The third-order valence-corrected chi connectivity index (χ3v) is 31.0. The number of carbonyl (C=O) groups excluding carboxylic acids is 8. The number of rotatable bonds is 24. The summed E-state index contributed by atoms with van der Waals surface area (Å²) >= 11 is 0. The Hall–Kier alpha value is -13.5. The van der Waals surface area contributed by atoms with Crippen molar-refractivity contribution < 1.29 is 62.0 Å². The normalized spacial score (nSPS) is 20.9. The van der Waals surface area contributed by atoms with Gasteiger partial charge in [0.2, 0.25) is 47.4 Å². The molecule has 21 rings (SSSR count). The van der Waals surface area contributed by atoms with Crippen molar-refractivity contribution in [1.82, 2.24) is 61.1 Å². The number of nitrogens with one attached hydrogen (secondary N) is 8. The maximum absolute atomic E-state index is 13.3. The fourth-order valence-electron chi connectivity index (χ4n) is 22.3. The van der Waals surface area contributed by atoms with Gasteiger partial charge in [0.05, 0.1) is 99.1 Å². The molecule has 3 atom stereocenters. The lowest BCUT2D eigenvalue weighted by molar-refractivity contribution is -0.123. The van der Waals surface area contributed by atoms with Crippen LogP contribution in [0, 0.1) is 23.2 Å². The van der Waals surface area contributed by atoms with E-state index in [4.69, 9.17) is 43.6 Å². The zero-order valence-electron chi connectivity index (χ0n) is 85.0. The fraction of sp³-hybridized carbons (Fsp3) is 0.551. The number of anilines is 16. The molecule has 0 bridgehead atoms. The van der Waals surface area contributed by atoms with Crippen LogP contribution in [0.15, 0.2) is 97.6 Å². The Morgan fingerprint density at radius 1 is 0.333 bits per heavy atom. The molecule has 1 spiro atoms. The van der Waals surface area contributed by atoms with Crippen molar-refractivity contribution >= 4 is 140 Å². The minimum absolute atomic E-state index is 0.0716. The zero-order valence-corrected chi connectivity index (χ0v) is 85.0. The molecule has 0 radical (unpaired) electrons. The van der Waals surface area contributed by atoms with Gasteiger partial charge in [-0.25, -0.2) is 19.9 Å². The van der Waals surface area contributed by atoms with E-state index in [1.807, 2.05) is 46.0 Å². The summed E-state index contributed by atoms with van der Waals surface area (Å²) in [6.45, 7) is 9.91. The molecule has 144 heavy (non-hydrogen) atoms. The molecule has 4 aromatic heterocycles. The van der Waals surface area contributed by atoms with Crippen molar-refractivity contribution in [3.8, 4) is 23.0 Å². The number of hydrogen-bond donors (Lipinski definition) is 8. The smallest absolute Gasteiger partial charge is 0.251 e. The topological polar surface area (TPSA) is 408 Å². The van der Waals surface area contributed by atoms with E-state index in [0.29, 0.717) is 155 Å². The Morgan fingerprint density at radius 2 is 0.583 bits per heavy atom. The van der Waals surface area contributed by atoms with Gasteiger partial charge in [0.1, 0.15) is 45.7 Å². The van der Waals surface area contributed by atoms with E-state index >= 15 is 0 Å². The minimum atomic E-state index is -0.288. The summed E-state index contributed by atoms with van der Waals surface area (Å²) < 4.78 is 27.7. The number of aromatic nitrogens is 8. The highest BCUT2D eigenvalue weighted by Crippen LogP contribution is 2.54. The van der Waals surface area contributed by atoms with Crippen molar-refractivity contribution in [2.75, 3.05) is 156 Å². The number of benzene rings is 4. The molecule has 8 saturated carbocycles. The van der Waals surface area contributed by atoms with Gasteiger partial charge in [-0.2, -0.15) is 19.9 Å². The number of fused-ring (bicyclic) bond motifs is 4. The first-order chi connectivity index (χ1) is 69.8. The van der Waals surface area contributed by atoms with Gasteiger partial charge in [0.25, 0.3) is 23.6 Å². The second kappa shape index (κ2) is 44.8. The number of carbonyl (C=O) groups is 8. The second-order valence-electron chi connectivity index (χ2n) is 41.2. The molecular weight excluding hydrogens is 1830 g/mol. The van der Waals surface area contributed by atoms with Gasteiger partial charge in [-0.3, -0.25) is 38.4 Å². The summed E-state index contributed by atoms with van der Waals surface area (Å²) in [5, 5.41) is 25.4. The van der Waals surface area contributed by atoms with Crippen molar-refractivity contribution in [1.29, 1.82) is 0 Å². The predicted molar refractivity (Wildman–Crippen MR) is 556 cm³/mol. The lowest BCUT2D eigenvalue weighted by atomic mass is 10.0. The highest BCUT2D eigenvalue weighted by molar-refractivity contribution is 6.05. The van der Waals surface area contributed by atoms with Crippen LogP contribution in [0.25, 0.3) is 0 Å². The van der Waals surface area contributed by atoms with Gasteiger partial charge in [-0.1, -0.05) is 97.8 Å². The molecule has 37 nitrogen and oxygen atoms in total. The van der Waals surface area contributed by atoms with E-state index in [1.165, 1.54) is 77.0 Å². The second-order valence-corrected chi connectivity index (χ2v) is 41.2. The highest BCUT2D eigenvalue weighted by atomic mass is 16.5. The minimum Gasteiger partial charge on any atom is -0.495 e. The quantitative estimate of drug-likeness (QED) is 0.0278. The molecule has 0 unspecified atom stereocenters. The molecular formula is C107H140N24O13. The Kier molecular flexibility index (Phi) is 31.3. The average molecular weight is 1970 g/mol. The largest absolute Gasteiger partial charge is 0.495 e. The number of nitrogens with zero attached hydrogens (tertiary/aromatic N) is 16. The van der Waals surface area contributed by atoms with Gasteiger partial charge in [-0.05, 0) is 188 Å². The molecule has 8 amide bonds. The van der Waals surface area contributed by atoms with E-state index in [0.717, 1.165) is 168 Å². The van der Waals surface area contributed by atoms with Gasteiger partial charge in [0.15, 0.2) is 23.3 Å². The Balaban J connectivity index is 0.000000126. The Labute approximate surface area is 842 Å². The molecule has 37 heteroatoms. The van der Waals surface area contributed by atoms with E-state index in [1.54, 1.807) is 149 Å². The SMILES string of the molecule is COc1cc(C(=O)NC2CC2)ccc1Nc1ncc2c(n1)N(C1CCCC1)C[C@H](C)C(=O)N2C.COc1cc(C(=O)NC2CCCC2)ccc1Nc1ncc2c(n1)N(C1CCCC1)CC1(CC1)C(=O)N2C.COc1cc(C(=O)NC2CCCC2)ccc1Nc1ncc2c(n1)N(C1CCCC1)C[C@H](C)C(=O)N2C.COc1cc(C(=O)NC2CCOCC2)ccc1Nc1ncc2c(n1)N(C1CCCC1)C[C@H](C)C(=O)N2C. The molecule has 5 aliphatic heterocycles. The van der Waals surface area contributed by atoms with E-state index in [2.05, 4.69) is 82.1 Å². The van der Waals surface area contributed by atoms with Crippen molar-refractivity contribution in [2.45, 2.75) is 262 Å². The standard InChI is InChI=1S/C28H36N6O3.C27H36N6O4.C27H36N6O3.C25H32N6O3/c1-33-22-16-29-27(32-24(22)34(20-9-5-6-10-20)17-28(13-14-28)26(33)36)31-21-12-11-18(15-23(21)37-2)25(35)30-19-7-3-4-8-19;1-17-16-33(20-6-4-5-7-20)24-22(32(2)26(17)35)15-28-27(31-24)30-21-9-8-18(14-23(21)36-3)25(34)29-19-10-12-37-13-11-19;1-17-16-33(20-10-6-7-11-20)24-22(32(2)26(17)35)15-28-27(31-24)30-21-13-12-18(14-23(21)36-3)25(34)29-19-8-4-5-9-19;1-15-14-31(18-6-4-5-7-18)22-20(30(2)24(15)33)13-26-25(29-22)28-19-11-8-16(12-21(19)34-3)23(32)27-17-9-10-17/h11-12,15-16,19-20H,3-10,13-14,17H2,1-2H3,(H,30,35)(H,29,31,32);8-9,14-15,17,19-20H,4-7,10-13,16H2,1-3H3,(H,29,34)(H,28,30,31);12-15,17,19-20H,4-11,16H2,1-3H3,(H,29,34)(H,28,30,31);8,11-13,15,17-18H,4-7,9-10,14H2,1-3H3,(H,27,32)(H,26,28,29)/t;2*17-;15-/m.000/s1. The summed E-state index contributed by atoms with van der Waals surface area (Å²) in [6, 6.07) is 23.8. The lowest BCUT2D eigenvalue weighted by Gasteiger charge is -2.31. The van der Waals surface area contributed by atoms with Crippen LogP contribution in [0.5, 0.6) is 23.0 Å². The molecule has 4 aromatic carbocycles. The zero-order chi connectivity index (χ0) is 101. The van der Waals surface area contributed by atoms with Crippen LogP contribution in [-0.2, 0) is 23.9 Å². The molecule has 9 fully saturated rings. The summed E-state index contributed by atoms with van der Waals surface area (Å²) in [6.07, 6.45) is 39.8. The third-order valence-electron chi connectivity index (χ3n) is 31.0. The van der Waals surface area contributed by atoms with Crippen molar-refractivity contribution in [2.24, 2.45) is 23.2 Å². The Bertz CT molecular complexity index is 6000. The number of ether oxygens (including phenoxy) is 5. The van der Waals surface area contributed by atoms with Crippen LogP contribution in [0.4, 0.5) is 92.6 Å². The van der Waals surface area contributed by atoms with Crippen molar-refractivity contribution in [3.63, 3.8) is 0 Å². The fourth-order valence-corrected chi connectivity index (χ4v) is 22.3. The van der Waals surface area contributed by atoms with Crippen LogP contribution in [0.3, 0.4) is 0 Å². The number of amides is 8. The Morgan fingerprint density at radius 3 is 0.854 bits per heavy atom. The van der Waals surface area contributed by atoms with Crippen molar-refractivity contribution in [3.05, 3.63) is 120 Å². The number of methoxy groups -OCH3 is 4. The summed E-state index contributed by atoms with van der Waals surface area (Å²) in [4.78, 5) is 156. The van der Waals surface area contributed by atoms with Crippen LogP contribution in [0.1, 0.15) is 255 Å². The summed E-state index contributed by atoms with van der Waals surface area (Å²) in [5.74, 6) is 6.65. The van der Waals surface area contributed by atoms with Gasteiger partial charge < -0.3 is 105 Å². The molecule has 8 aliphatic carbocycles. The first-order valence-electron chi connectivity index (χ1n) is 52.1. The van der Waals surface area contributed by atoms with Gasteiger partial charge >= 0.3 is 0 Å². The maximum Gasteiger partial charge on any atom is 0.251 e. The maximum atomic E-state index is 13.3. The van der Waals surface area contributed by atoms with Crippen LogP contribution < -0.4 is 101 Å². The summed E-state index contributed by atoms with van der Waals surface area (Å²) in [7, 11) is 13.5. The third kappa shape index (κ3) is 22.7. The molecule has 1 saturated heterocycles. The lowest BCUT2D eigenvalue weighted by Crippen LogP contribution is -2.41. The van der Waals surface area contributed by atoms with Crippen LogP contribution in [0.2, 0.25) is 0 Å². The summed E-state index contributed by atoms with van der Waals surface area (Å²) in [5.41, 5.74) is 7.55. The van der Waals surface area contributed by atoms with E-state index in [9.17, 15) is 38.4 Å². The first kappa shape index (κ1) is 101. The van der Waals surface area contributed by atoms with E-state index < -0.39 is 0 Å². The molecule has 8 aromatic rings. The average Bonchev–Trinajstić information content (AvgIpc) is 1.57. The van der Waals surface area contributed by atoms with Crippen LogP contribution in [-0.4, -0.2) is 231 Å². The highest BCUT2D eigenvalue weighted by Gasteiger charge is 2.56. The van der Waals surface area contributed by atoms with Crippen LogP contribution >= 0.6 is 0 Å².